The number of sulfone groups is 1. The van der Waals surface area contributed by atoms with Crippen molar-refractivity contribution in [2.75, 3.05) is 11.6 Å². The van der Waals surface area contributed by atoms with Gasteiger partial charge < -0.3 is 10.1 Å². The summed E-state index contributed by atoms with van der Waals surface area (Å²) in [5.41, 5.74) is 1.33. The summed E-state index contributed by atoms with van der Waals surface area (Å²) in [5.74, 6) is -1.26. The quantitative estimate of drug-likeness (QED) is 0.759. The number of amides is 1. The first-order valence-corrected chi connectivity index (χ1v) is 10.1. The van der Waals surface area contributed by atoms with Crippen LogP contribution in [0.15, 0.2) is 48.5 Å². The van der Waals surface area contributed by atoms with Crippen molar-refractivity contribution in [2.45, 2.75) is 18.8 Å². The molecule has 0 fully saturated rings. The van der Waals surface area contributed by atoms with Crippen molar-refractivity contribution in [1.29, 1.82) is 0 Å². The van der Waals surface area contributed by atoms with Crippen molar-refractivity contribution in [3.8, 4) is 0 Å². The monoisotopic (exact) mass is 395 g/mol. The highest BCUT2D eigenvalue weighted by Crippen LogP contribution is 2.14. The first kappa shape index (κ1) is 19.9. The SMILES string of the molecule is C[C@H](OC(=O)c1ccc(CS(C)(=O)=O)cc1)C(=O)Nc1ccc(Cl)cc1. The molecule has 138 valence electrons. The first-order chi connectivity index (χ1) is 12.1. The van der Waals surface area contributed by atoms with Crippen LogP contribution in [0.2, 0.25) is 5.02 Å². The number of hydrogen-bond acceptors (Lipinski definition) is 5. The van der Waals surface area contributed by atoms with Crippen molar-refractivity contribution in [2.24, 2.45) is 0 Å². The Kier molecular flexibility index (Phi) is 6.39. The molecule has 0 aliphatic rings. The zero-order valence-corrected chi connectivity index (χ0v) is 15.8. The fourth-order valence-corrected chi connectivity index (χ4v) is 3.02. The summed E-state index contributed by atoms with van der Waals surface area (Å²) in [6, 6.07) is 12.5. The maximum Gasteiger partial charge on any atom is 0.338 e. The lowest BCUT2D eigenvalue weighted by molar-refractivity contribution is -0.123. The summed E-state index contributed by atoms with van der Waals surface area (Å²) in [5, 5.41) is 3.16. The van der Waals surface area contributed by atoms with Gasteiger partial charge in [-0.1, -0.05) is 23.7 Å². The molecular weight excluding hydrogens is 378 g/mol. The number of carbonyl (C=O) groups excluding carboxylic acids is 2. The Morgan fingerprint density at radius 3 is 2.19 bits per heavy atom. The standard InChI is InChI=1S/C18H18ClNO5S/c1-12(17(21)20-16-9-7-15(19)8-10-16)25-18(22)14-5-3-13(4-6-14)11-26(2,23)24/h3-10,12H,11H2,1-2H3,(H,20,21)/t12-/m0/s1. The van der Waals surface area contributed by atoms with Crippen molar-refractivity contribution < 1.29 is 22.7 Å². The van der Waals surface area contributed by atoms with Gasteiger partial charge in [-0.15, -0.1) is 0 Å². The van der Waals surface area contributed by atoms with Gasteiger partial charge in [0.25, 0.3) is 5.91 Å². The van der Waals surface area contributed by atoms with Crippen LogP contribution in [-0.2, 0) is 25.1 Å². The molecule has 0 heterocycles. The lowest BCUT2D eigenvalue weighted by atomic mass is 10.1. The van der Waals surface area contributed by atoms with E-state index in [1.54, 1.807) is 24.3 Å². The van der Waals surface area contributed by atoms with E-state index in [2.05, 4.69) is 5.32 Å². The Balaban J connectivity index is 1.95. The van der Waals surface area contributed by atoms with E-state index in [9.17, 15) is 18.0 Å². The molecule has 0 aromatic heterocycles. The summed E-state index contributed by atoms with van der Waals surface area (Å²) >= 11 is 5.78. The van der Waals surface area contributed by atoms with E-state index in [4.69, 9.17) is 16.3 Å². The number of esters is 1. The van der Waals surface area contributed by atoms with Gasteiger partial charge in [0.1, 0.15) is 0 Å². The Labute approximate surface area is 157 Å². The molecule has 2 rings (SSSR count). The van der Waals surface area contributed by atoms with Gasteiger partial charge in [-0.05, 0) is 48.9 Å². The first-order valence-electron chi connectivity index (χ1n) is 7.68. The summed E-state index contributed by atoms with van der Waals surface area (Å²) in [6.45, 7) is 1.46. The zero-order chi connectivity index (χ0) is 19.3. The molecule has 26 heavy (non-hydrogen) atoms. The smallest absolute Gasteiger partial charge is 0.338 e. The predicted molar refractivity (Wildman–Crippen MR) is 99.9 cm³/mol. The van der Waals surface area contributed by atoms with Gasteiger partial charge >= 0.3 is 5.97 Å². The van der Waals surface area contributed by atoms with Crippen LogP contribution in [0, 0.1) is 0 Å². The number of anilines is 1. The summed E-state index contributed by atoms with van der Waals surface area (Å²) in [6.07, 6.45) is 0.129. The Bertz CT molecular complexity index is 892. The molecule has 1 N–H and O–H groups in total. The minimum Gasteiger partial charge on any atom is -0.449 e. The number of halogens is 1. The molecule has 0 unspecified atom stereocenters. The van der Waals surface area contributed by atoms with Gasteiger partial charge in [0.15, 0.2) is 15.9 Å². The van der Waals surface area contributed by atoms with Gasteiger partial charge in [0.2, 0.25) is 0 Å². The molecule has 8 heteroatoms. The van der Waals surface area contributed by atoms with Gasteiger partial charge in [-0.3, -0.25) is 4.79 Å². The average molecular weight is 396 g/mol. The summed E-state index contributed by atoms with van der Waals surface area (Å²) in [4.78, 5) is 24.2. The molecule has 0 aliphatic carbocycles. The van der Waals surface area contributed by atoms with Crippen LogP contribution in [0.25, 0.3) is 0 Å². The third kappa shape index (κ3) is 6.16. The molecule has 0 saturated heterocycles. The van der Waals surface area contributed by atoms with E-state index in [0.29, 0.717) is 16.3 Å². The van der Waals surface area contributed by atoms with Crippen molar-refractivity contribution in [1.82, 2.24) is 0 Å². The number of rotatable bonds is 6. The van der Waals surface area contributed by atoms with Crippen molar-refractivity contribution >= 4 is 39.0 Å². The van der Waals surface area contributed by atoms with Crippen LogP contribution in [0.1, 0.15) is 22.8 Å². The highest BCUT2D eigenvalue weighted by atomic mass is 35.5. The third-order valence-electron chi connectivity index (χ3n) is 3.38. The van der Waals surface area contributed by atoms with E-state index in [0.717, 1.165) is 6.26 Å². The Hall–Kier alpha value is -2.38. The van der Waals surface area contributed by atoms with Crippen molar-refractivity contribution in [3.05, 3.63) is 64.7 Å². The van der Waals surface area contributed by atoms with E-state index in [-0.39, 0.29) is 11.3 Å². The second-order valence-corrected chi connectivity index (χ2v) is 8.39. The Morgan fingerprint density at radius 2 is 1.65 bits per heavy atom. The van der Waals surface area contributed by atoms with E-state index < -0.39 is 27.8 Å². The van der Waals surface area contributed by atoms with Gasteiger partial charge in [-0.25, -0.2) is 13.2 Å². The van der Waals surface area contributed by atoms with Crippen LogP contribution in [0.3, 0.4) is 0 Å². The molecule has 0 bridgehead atoms. The molecule has 0 radical (unpaired) electrons. The zero-order valence-electron chi connectivity index (χ0n) is 14.2. The fourth-order valence-electron chi connectivity index (χ4n) is 2.10. The lowest BCUT2D eigenvalue weighted by Gasteiger charge is -2.13. The average Bonchev–Trinajstić information content (AvgIpc) is 2.56. The number of ether oxygens (including phenoxy) is 1. The van der Waals surface area contributed by atoms with E-state index in [1.165, 1.54) is 31.2 Å². The Morgan fingerprint density at radius 1 is 1.08 bits per heavy atom. The minimum atomic E-state index is -3.15. The molecule has 2 aromatic carbocycles. The third-order valence-corrected chi connectivity index (χ3v) is 4.49. The normalized spacial score (nSPS) is 12.3. The topological polar surface area (TPSA) is 89.5 Å². The van der Waals surface area contributed by atoms with Crippen LogP contribution >= 0.6 is 11.6 Å². The largest absolute Gasteiger partial charge is 0.449 e. The molecule has 1 atom stereocenters. The maximum atomic E-state index is 12.1. The number of hydrogen-bond donors (Lipinski definition) is 1. The molecule has 0 aliphatic heterocycles. The van der Waals surface area contributed by atoms with Crippen LogP contribution < -0.4 is 5.32 Å². The molecular formula is C18H18ClNO5S. The summed E-state index contributed by atoms with van der Waals surface area (Å²) < 4.78 is 27.7. The minimum absolute atomic E-state index is 0.109. The van der Waals surface area contributed by atoms with Gasteiger partial charge in [-0.2, -0.15) is 0 Å². The molecule has 6 nitrogen and oxygen atoms in total. The fraction of sp³-hybridized carbons (Fsp3) is 0.222. The second-order valence-electron chi connectivity index (χ2n) is 5.81. The summed E-state index contributed by atoms with van der Waals surface area (Å²) in [7, 11) is -3.15. The predicted octanol–water partition coefficient (Wildman–Crippen LogP) is 3.07. The highest BCUT2D eigenvalue weighted by molar-refractivity contribution is 7.89. The van der Waals surface area contributed by atoms with Crippen molar-refractivity contribution in [3.63, 3.8) is 0 Å². The van der Waals surface area contributed by atoms with Crippen LogP contribution in [0.4, 0.5) is 5.69 Å². The maximum absolute atomic E-state index is 12.1. The number of benzene rings is 2. The highest BCUT2D eigenvalue weighted by Gasteiger charge is 2.19. The number of nitrogens with one attached hydrogen (secondary N) is 1. The molecule has 2 aromatic rings. The van der Waals surface area contributed by atoms with Crippen LogP contribution in [-0.4, -0.2) is 32.7 Å². The van der Waals surface area contributed by atoms with Gasteiger partial charge in [0.05, 0.1) is 11.3 Å². The van der Waals surface area contributed by atoms with E-state index in [1.807, 2.05) is 0 Å². The second kappa shape index (κ2) is 8.33. The molecule has 0 saturated carbocycles. The van der Waals surface area contributed by atoms with E-state index >= 15 is 0 Å². The molecule has 1 amide bonds. The van der Waals surface area contributed by atoms with Gasteiger partial charge in [0, 0.05) is 17.0 Å². The molecule has 0 spiro atoms. The lowest BCUT2D eigenvalue weighted by Crippen LogP contribution is -2.30. The number of carbonyl (C=O) groups is 2. The van der Waals surface area contributed by atoms with Crippen LogP contribution in [0.5, 0.6) is 0 Å².